The molecule has 0 spiro atoms. The topological polar surface area (TPSA) is 109 Å². The first kappa shape index (κ1) is 16.9. The summed E-state index contributed by atoms with van der Waals surface area (Å²) in [7, 11) is -3.32. The molecule has 0 aromatic heterocycles. The molecule has 1 N–H and O–H groups in total. The molecule has 1 aliphatic rings. The molecule has 1 aromatic rings. The van der Waals surface area contributed by atoms with Crippen molar-refractivity contribution in [3.8, 4) is 6.07 Å². The van der Waals surface area contributed by atoms with Crippen LogP contribution in [-0.2, 0) is 19.5 Å². The fraction of sp³-hybridized carbons (Fsp3) is 0.357. The van der Waals surface area contributed by atoms with Gasteiger partial charge in [0.1, 0.15) is 24.1 Å². The Labute approximate surface area is 132 Å². The quantitative estimate of drug-likeness (QED) is 0.616. The average Bonchev–Trinajstić information content (AvgIpc) is 3.19. The molecule has 2 rings (SSSR count). The van der Waals surface area contributed by atoms with Crippen molar-refractivity contribution in [3.63, 3.8) is 0 Å². The van der Waals surface area contributed by atoms with E-state index in [4.69, 9.17) is 10.1 Å². The van der Waals surface area contributed by atoms with Crippen molar-refractivity contribution in [2.45, 2.75) is 11.7 Å². The zero-order valence-electron chi connectivity index (χ0n) is 12.2. The Morgan fingerprint density at radius 1 is 1.65 bits per heavy atom. The summed E-state index contributed by atoms with van der Waals surface area (Å²) in [4.78, 5) is 16.4. The van der Waals surface area contributed by atoms with Crippen LogP contribution in [0.1, 0.15) is 6.42 Å². The molecule has 1 aliphatic carbocycles. The number of nitriles is 1. The van der Waals surface area contributed by atoms with Crippen LogP contribution < -0.4 is 5.32 Å². The SMILES string of the molecule is CS(=O)(=O)[C@@H]1C[C@@]1(C#N)CO/N=C/C(=O)Nc1cccc(F)c1. The van der Waals surface area contributed by atoms with Gasteiger partial charge in [-0.05, 0) is 24.6 Å². The van der Waals surface area contributed by atoms with Crippen LogP contribution in [0.15, 0.2) is 29.4 Å². The molecule has 0 bridgehead atoms. The number of amides is 1. The summed E-state index contributed by atoms with van der Waals surface area (Å²) in [5.74, 6) is -1.13. The Morgan fingerprint density at radius 2 is 2.39 bits per heavy atom. The predicted octanol–water partition coefficient (Wildman–Crippen LogP) is 1.09. The van der Waals surface area contributed by atoms with Gasteiger partial charge in [-0.3, -0.25) is 4.79 Å². The van der Waals surface area contributed by atoms with Gasteiger partial charge in [0.25, 0.3) is 5.91 Å². The van der Waals surface area contributed by atoms with E-state index < -0.39 is 32.2 Å². The number of hydrogen-bond acceptors (Lipinski definition) is 6. The maximum atomic E-state index is 12.9. The molecule has 7 nitrogen and oxygen atoms in total. The highest BCUT2D eigenvalue weighted by atomic mass is 32.2. The molecule has 9 heteroatoms. The Morgan fingerprint density at radius 3 is 2.96 bits per heavy atom. The van der Waals surface area contributed by atoms with Gasteiger partial charge in [-0.25, -0.2) is 12.8 Å². The number of anilines is 1. The Bertz CT molecular complexity index is 787. The van der Waals surface area contributed by atoms with E-state index >= 15 is 0 Å². The van der Waals surface area contributed by atoms with Gasteiger partial charge in [0, 0.05) is 11.9 Å². The molecule has 0 aliphatic heterocycles. The second-order valence-electron chi connectivity index (χ2n) is 5.30. The minimum atomic E-state index is -3.32. The number of nitrogens with one attached hydrogen (secondary N) is 1. The normalized spacial score (nSPS) is 23.3. The fourth-order valence-electron chi connectivity index (χ4n) is 2.11. The summed E-state index contributed by atoms with van der Waals surface area (Å²) in [6.45, 7) is -0.217. The van der Waals surface area contributed by atoms with Gasteiger partial charge in [-0.1, -0.05) is 11.2 Å². The third-order valence-electron chi connectivity index (χ3n) is 3.40. The van der Waals surface area contributed by atoms with Gasteiger partial charge in [0.15, 0.2) is 9.84 Å². The van der Waals surface area contributed by atoms with Crippen LogP contribution in [0.25, 0.3) is 0 Å². The molecule has 23 heavy (non-hydrogen) atoms. The highest BCUT2D eigenvalue weighted by molar-refractivity contribution is 7.91. The van der Waals surface area contributed by atoms with Crippen LogP contribution in [0.3, 0.4) is 0 Å². The molecule has 0 radical (unpaired) electrons. The number of benzene rings is 1. The maximum absolute atomic E-state index is 12.9. The fourth-order valence-corrected chi connectivity index (χ4v) is 3.65. The van der Waals surface area contributed by atoms with Crippen LogP contribution in [0.2, 0.25) is 0 Å². The molecule has 1 amide bonds. The lowest BCUT2D eigenvalue weighted by Gasteiger charge is -2.05. The van der Waals surface area contributed by atoms with Gasteiger partial charge >= 0.3 is 0 Å². The first-order chi connectivity index (χ1) is 10.8. The van der Waals surface area contributed by atoms with E-state index in [2.05, 4.69) is 10.5 Å². The summed E-state index contributed by atoms with van der Waals surface area (Å²) in [5.41, 5.74) is -0.849. The molecule has 1 fully saturated rings. The molecular formula is C14H14FN3O4S. The first-order valence-corrected chi connectivity index (χ1v) is 8.54. The highest BCUT2D eigenvalue weighted by Crippen LogP contribution is 2.50. The van der Waals surface area contributed by atoms with Gasteiger partial charge in [-0.2, -0.15) is 5.26 Å². The van der Waals surface area contributed by atoms with Crippen LogP contribution in [0.4, 0.5) is 10.1 Å². The Hall–Kier alpha value is -2.47. The minimum Gasteiger partial charge on any atom is -0.394 e. The van der Waals surface area contributed by atoms with Crippen molar-refractivity contribution in [1.82, 2.24) is 0 Å². The third kappa shape index (κ3) is 4.26. The van der Waals surface area contributed by atoms with E-state index in [1.54, 1.807) is 0 Å². The standard InChI is InChI=1S/C14H14FN3O4S/c1-23(20,21)12-6-14(12,8-16)9-22-17-7-13(19)18-11-4-2-3-10(15)5-11/h2-5,7,12H,6,9H2,1H3,(H,18,19)/b17-7+/t12-,14-/m1/s1. The number of rotatable bonds is 6. The van der Waals surface area contributed by atoms with Gasteiger partial charge < -0.3 is 10.2 Å². The summed E-state index contributed by atoms with van der Waals surface area (Å²) < 4.78 is 35.7. The molecule has 1 aromatic carbocycles. The van der Waals surface area contributed by atoms with Crippen LogP contribution in [0.5, 0.6) is 0 Å². The number of carbonyl (C=O) groups excluding carboxylic acids is 1. The summed E-state index contributed by atoms with van der Waals surface area (Å²) in [5, 5.41) is 14.1. The monoisotopic (exact) mass is 339 g/mol. The predicted molar refractivity (Wildman–Crippen MR) is 80.8 cm³/mol. The van der Waals surface area contributed by atoms with Crippen molar-refractivity contribution in [3.05, 3.63) is 30.1 Å². The van der Waals surface area contributed by atoms with Crippen LogP contribution in [-0.4, -0.2) is 38.7 Å². The molecular weight excluding hydrogens is 325 g/mol. The lowest BCUT2D eigenvalue weighted by atomic mass is 10.1. The number of hydrogen-bond donors (Lipinski definition) is 1. The van der Waals surface area contributed by atoms with Gasteiger partial charge in [0.2, 0.25) is 0 Å². The van der Waals surface area contributed by atoms with Gasteiger partial charge in [0.05, 0.1) is 11.3 Å². The van der Waals surface area contributed by atoms with Crippen molar-refractivity contribution in [2.75, 3.05) is 18.2 Å². The third-order valence-corrected chi connectivity index (χ3v) is 5.06. The van der Waals surface area contributed by atoms with E-state index in [9.17, 15) is 17.6 Å². The summed E-state index contributed by atoms with van der Waals surface area (Å²) in [6.07, 6.45) is 2.08. The maximum Gasteiger partial charge on any atom is 0.270 e. The Balaban J connectivity index is 1.83. The molecule has 0 heterocycles. The number of carbonyl (C=O) groups is 1. The number of nitrogens with zero attached hydrogens (tertiary/aromatic N) is 2. The Kier molecular flexibility index (Phi) is 4.65. The zero-order chi connectivity index (χ0) is 17.1. The number of sulfone groups is 1. The lowest BCUT2D eigenvalue weighted by Crippen LogP contribution is -2.18. The average molecular weight is 339 g/mol. The molecule has 122 valence electrons. The van der Waals surface area contributed by atoms with E-state index in [1.165, 1.54) is 18.2 Å². The second kappa shape index (κ2) is 6.34. The smallest absolute Gasteiger partial charge is 0.270 e. The molecule has 2 atom stereocenters. The summed E-state index contributed by atoms with van der Waals surface area (Å²) >= 11 is 0. The van der Waals surface area contributed by atoms with Gasteiger partial charge in [-0.15, -0.1) is 0 Å². The van der Waals surface area contributed by atoms with Crippen molar-refractivity contribution < 1.29 is 22.4 Å². The molecule has 0 saturated heterocycles. The molecule has 1 saturated carbocycles. The van der Waals surface area contributed by atoms with Crippen LogP contribution in [0, 0.1) is 22.6 Å². The van der Waals surface area contributed by atoms with Crippen LogP contribution >= 0.6 is 0 Å². The second-order valence-corrected chi connectivity index (χ2v) is 7.53. The summed E-state index contributed by atoms with van der Waals surface area (Å²) in [6, 6.07) is 7.24. The number of oxime groups is 1. The van der Waals surface area contributed by atoms with E-state index in [1.807, 2.05) is 6.07 Å². The minimum absolute atomic E-state index is 0.188. The van der Waals surface area contributed by atoms with E-state index in [0.717, 1.165) is 18.5 Å². The van der Waals surface area contributed by atoms with Crippen molar-refractivity contribution in [2.24, 2.45) is 10.6 Å². The zero-order valence-corrected chi connectivity index (χ0v) is 13.0. The number of halogens is 1. The largest absolute Gasteiger partial charge is 0.394 e. The van der Waals surface area contributed by atoms with Crippen molar-refractivity contribution in [1.29, 1.82) is 5.26 Å². The van der Waals surface area contributed by atoms with E-state index in [-0.39, 0.29) is 18.7 Å². The highest BCUT2D eigenvalue weighted by Gasteiger charge is 2.61. The van der Waals surface area contributed by atoms with E-state index in [0.29, 0.717) is 0 Å². The first-order valence-electron chi connectivity index (χ1n) is 6.59. The molecule has 0 unspecified atom stereocenters. The van der Waals surface area contributed by atoms with Crippen molar-refractivity contribution >= 4 is 27.6 Å². The lowest BCUT2D eigenvalue weighted by molar-refractivity contribution is -0.110.